The average Bonchev–Trinajstić information content (AvgIpc) is 2.34. The molecule has 1 amide bonds. The molecule has 4 heteroatoms. The molecule has 4 nitrogen and oxygen atoms in total. The highest BCUT2D eigenvalue weighted by Crippen LogP contribution is 2.31. The Hall–Kier alpha value is -2.10. The minimum atomic E-state index is -0.169. The van der Waals surface area contributed by atoms with E-state index in [2.05, 4.69) is 48.8 Å². The molecule has 0 radical (unpaired) electrons. The van der Waals surface area contributed by atoms with Gasteiger partial charge in [-0.25, -0.2) is 0 Å². The predicted octanol–water partition coefficient (Wildman–Crippen LogP) is 2.58. The van der Waals surface area contributed by atoms with Gasteiger partial charge in [0.1, 0.15) is 0 Å². The van der Waals surface area contributed by atoms with Crippen LogP contribution in [0.25, 0.3) is 0 Å². The maximum Gasteiger partial charge on any atom is 0.269 e. The Balaban J connectivity index is 2.00. The molecule has 1 aliphatic rings. The number of carbonyl (C=O) groups excluding carboxylic acids is 1. The third kappa shape index (κ3) is 3.68. The van der Waals surface area contributed by atoms with Crippen molar-refractivity contribution in [3.05, 3.63) is 53.5 Å². The summed E-state index contributed by atoms with van der Waals surface area (Å²) in [5, 5.41) is 0. The van der Waals surface area contributed by atoms with Crippen LogP contribution >= 0.6 is 0 Å². The zero-order valence-electron chi connectivity index (χ0n) is 11.5. The number of hydrogen-bond donors (Lipinski definition) is 2. The second-order valence-electron chi connectivity index (χ2n) is 5.57. The number of pyridine rings is 1. The molecule has 1 heterocycles. The summed E-state index contributed by atoms with van der Waals surface area (Å²) in [5.41, 5.74) is 8.59. The SMILES string of the molecule is CC1=CC(NNC(=O)c2ccncc2)=CC(C)(C)C1. The fraction of sp³-hybridized carbons (Fsp3) is 0.333. The molecule has 0 saturated heterocycles. The van der Waals surface area contributed by atoms with Gasteiger partial charge in [0.15, 0.2) is 0 Å². The van der Waals surface area contributed by atoms with Crippen LogP contribution in [0.4, 0.5) is 0 Å². The maximum absolute atomic E-state index is 11.9. The van der Waals surface area contributed by atoms with E-state index in [4.69, 9.17) is 0 Å². The second-order valence-corrected chi connectivity index (χ2v) is 5.57. The van der Waals surface area contributed by atoms with Crippen molar-refractivity contribution in [2.24, 2.45) is 5.41 Å². The molecule has 0 aliphatic heterocycles. The van der Waals surface area contributed by atoms with Gasteiger partial charge in [-0.2, -0.15) is 0 Å². The third-order valence-corrected chi connectivity index (χ3v) is 2.95. The topological polar surface area (TPSA) is 54.0 Å². The summed E-state index contributed by atoms with van der Waals surface area (Å²) < 4.78 is 0. The molecule has 0 atom stereocenters. The number of allylic oxidation sites excluding steroid dienone is 3. The molecule has 1 aliphatic carbocycles. The molecule has 1 aromatic rings. The van der Waals surface area contributed by atoms with E-state index in [9.17, 15) is 4.79 Å². The average molecular weight is 257 g/mol. The number of carbonyl (C=O) groups is 1. The second kappa shape index (κ2) is 5.26. The highest BCUT2D eigenvalue weighted by atomic mass is 16.2. The van der Waals surface area contributed by atoms with Crippen LogP contribution in [0.1, 0.15) is 37.6 Å². The highest BCUT2D eigenvalue weighted by Gasteiger charge is 2.20. The van der Waals surface area contributed by atoms with Crippen molar-refractivity contribution in [1.29, 1.82) is 0 Å². The molecule has 0 spiro atoms. The molecular weight excluding hydrogens is 238 g/mol. The normalized spacial score (nSPS) is 17.2. The first-order valence-electron chi connectivity index (χ1n) is 6.33. The van der Waals surface area contributed by atoms with Crippen molar-refractivity contribution >= 4 is 5.91 Å². The van der Waals surface area contributed by atoms with Crippen LogP contribution in [0.2, 0.25) is 0 Å². The summed E-state index contributed by atoms with van der Waals surface area (Å²) in [6, 6.07) is 3.36. The summed E-state index contributed by atoms with van der Waals surface area (Å²) >= 11 is 0. The lowest BCUT2D eigenvalue weighted by Gasteiger charge is -2.27. The van der Waals surface area contributed by atoms with Crippen LogP contribution in [-0.4, -0.2) is 10.9 Å². The first-order chi connectivity index (χ1) is 8.96. The summed E-state index contributed by atoms with van der Waals surface area (Å²) in [5.74, 6) is -0.169. The van der Waals surface area contributed by atoms with Gasteiger partial charge in [0.25, 0.3) is 5.91 Å². The number of nitrogens with zero attached hydrogens (tertiary/aromatic N) is 1. The molecule has 0 bridgehead atoms. The molecule has 0 aromatic carbocycles. The van der Waals surface area contributed by atoms with Gasteiger partial charge in [-0.3, -0.25) is 20.6 Å². The Kier molecular flexibility index (Phi) is 3.69. The maximum atomic E-state index is 11.9. The standard InChI is InChI=1S/C15H19N3O/c1-11-8-13(10-15(2,3)9-11)17-18-14(19)12-4-6-16-7-5-12/h4-8,10,17H,9H2,1-3H3,(H,18,19). The van der Waals surface area contributed by atoms with E-state index in [0.717, 1.165) is 12.1 Å². The largest absolute Gasteiger partial charge is 0.299 e. The molecule has 100 valence electrons. The van der Waals surface area contributed by atoms with Crippen molar-refractivity contribution in [2.45, 2.75) is 27.2 Å². The fourth-order valence-electron chi connectivity index (χ4n) is 2.33. The lowest BCUT2D eigenvalue weighted by atomic mass is 9.81. The number of hydrogen-bond acceptors (Lipinski definition) is 3. The van der Waals surface area contributed by atoms with E-state index in [1.165, 1.54) is 5.57 Å². The van der Waals surface area contributed by atoms with Crippen molar-refractivity contribution in [3.63, 3.8) is 0 Å². The van der Waals surface area contributed by atoms with E-state index >= 15 is 0 Å². The van der Waals surface area contributed by atoms with Gasteiger partial charge >= 0.3 is 0 Å². The molecule has 0 fully saturated rings. The molecule has 19 heavy (non-hydrogen) atoms. The van der Waals surface area contributed by atoms with Crippen molar-refractivity contribution in [1.82, 2.24) is 15.8 Å². The third-order valence-electron chi connectivity index (χ3n) is 2.95. The Morgan fingerprint density at radius 1 is 1.32 bits per heavy atom. The zero-order valence-corrected chi connectivity index (χ0v) is 11.5. The van der Waals surface area contributed by atoms with Gasteiger partial charge < -0.3 is 0 Å². The Bertz CT molecular complexity index is 530. The van der Waals surface area contributed by atoms with Crippen LogP contribution in [-0.2, 0) is 0 Å². The quantitative estimate of drug-likeness (QED) is 0.818. The van der Waals surface area contributed by atoms with E-state index < -0.39 is 0 Å². The molecule has 2 N–H and O–H groups in total. The van der Waals surface area contributed by atoms with Gasteiger partial charge in [0.2, 0.25) is 0 Å². The molecule has 1 aromatic heterocycles. The highest BCUT2D eigenvalue weighted by molar-refractivity contribution is 5.93. The molecule has 0 saturated carbocycles. The van der Waals surface area contributed by atoms with Gasteiger partial charge in [0, 0.05) is 18.0 Å². The number of amides is 1. The van der Waals surface area contributed by atoms with Gasteiger partial charge in [-0.15, -0.1) is 0 Å². The Morgan fingerprint density at radius 2 is 2.00 bits per heavy atom. The molecule has 2 rings (SSSR count). The van der Waals surface area contributed by atoms with Crippen molar-refractivity contribution < 1.29 is 4.79 Å². The van der Waals surface area contributed by atoms with E-state index in [1.807, 2.05) is 0 Å². The minimum Gasteiger partial charge on any atom is -0.299 e. The summed E-state index contributed by atoms with van der Waals surface area (Å²) in [6.07, 6.45) is 8.42. The molecular formula is C15H19N3O. The van der Waals surface area contributed by atoms with E-state index in [-0.39, 0.29) is 11.3 Å². The van der Waals surface area contributed by atoms with Gasteiger partial charge in [-0.1, -0.05) is 25.5 Å². The number of hydrazine groups is 1. The van der Waals surface area contributed by atoms with Crippen LogP contribution in [0.5, 0.6) is 0 Å². The zero-order chi connectivity index (χ0) is 13.9. The van der Waals surface area contributed by atoms with E-state index in [1.54, 1.807) is 24.5 Å². The number of rotatable bonds is 3. The van der Waals surface area contributed by atoms with Gasteiger partial charge in [-0.05, 0) is 37.0 Å². The first kappa shape index (κ1) is 13.3. The Labute approximate surface area is 113 Å². The van der Waals surface area contributed by atoms with Crippen LogP contribution in [0.3, 0.4) is 0 Å². The van der Waals surface area contributed by atoms with E-state index in [0.29, 0.717) is 5.56 Å². The monoisotopic (exact) mass is 257 g/mol. The summed E-state index contributed by atoms with van der Waals surface area (Å²) in [4.78, 5) is 15.8. The lowest BCUT2D eigenvalue weighted by Crippen LogP contribution is -2.37. The van der Waals surface area contributed by atoms with Crippen molar-refractivity contribution in [2.75, 3.05) is 0 Å². The van der Waals surface area contributed by atoms with Crippen LogP contribution in [0, 0.1) is 5.41 Å². The summed E-state index contributed by atoms with van der Waals surface area (Å²) in [6.45, 7) is 6.45. The van der Waals surface area contributed by atoms with Crippen molar-refractivity contribution in [3.8, 4) is 0 Å². The number of aromatic nitrogens is 1. The predicted molar refractivity (Wildman–Crippen MR) is 75.1 cm³/mol. The fourth-order valence-corrected chi connectivity index (χ4v) is 2.33. The first-order valence-corrected chi connectivity index (χ1v) is 6.33. The Morgan fingerprint density at radius 3 is 2.63 bits per heavy atom. The lowest BCUT2D eigenvalue weighted by molar-refractivity contribution is 0.0939. The number of nitrogens with one attached hydrogen (secondary N) is 2. The van der Waals surface area contributed by atoms with Gasteiger partial charge in [0.05, 0.1) is 5.70 Å². The minimum absolute atomic E-state index is 0.114. The van der Waals surface area contributed by atoms with Crippen LogP contribution in [0.15, 0.2) is 47.9 Å². The summed E-state index contributed by atoms with van der Waals surface area (Å²) in [7, 11) is 0. The molecule has 0 unspecified atom stereocenters. The van der Waals surface area contributed by atoms with Crippen LogP contribution < -0.4 is 10.9 Å². The smallest absolute Gasteiger partial charge is 0.269 e.